The predicted octanol–water partition coefficient (Wildman–Crippen LogP) is 0.107. The van der Waals surface area contributed by atoms with Crippen LogP contribution in [0.1, 0.15) is 16.7 Å². The van der Waals surface area contributed by atoms with Crippen LogP contribution in [0.4, 0.5) is 0 Å². The maximum absolute atomic E-state index is 14.2. The molecule has 2 aromatic rings. The van der Waals surface area contributed by atoms with Gasteiger partial charge in [-0.25, -0.2) is 0 Å². The van der Waals surface area contributed by atoms with Crippen LogP contribution in [0.3, 0.4) is 0 Å². The lowest BCUT2D eigenvalue weighted by atomic mass is 9.52. The number of amides is 1. The Morgan fingerprint density at radius 3 is 2.27 bits per heavy atom. The van der Waals surface area contributed by atoms with Crippen LogP contribution in [0, 0.1) is 17.8 Å². The van der Waals surface area contributed by atoms with E-state index in [1.165, 1.54) is 38.2 Å². The quantitative estimate of drug-likeness (QED) is 0.285. The molecule has 11 nitrogen and oxygen atoms in total. The van der Waals surface area contributed by atoms with Crippen molar-refractivity contribution in [1.29, 1.82) is 0 Å². The van der Waals surface area contributed by atoms with Gasteiger partial charge >= 0.3 is 0 Å². The van der Waals surface area contributed by atoms with Gasteiger partial charge in [0.1, 0.15) is 23.2 Å². The fraction of sp³-hybridized carbons (Fsp3) is 0.345. The molecule has 2 saturated carbocycles. The van der Waals surface area contributed by atoms with Gasteiger partial charge in [0.15, 0.2) is 11.4 Å². The van der Waals surface area contributed by atoms with Gasteiger partial charge in [0.05, 0.1) is 30.5 Å². The van der Waals surface area contributed by atoms with E-state index in [4.69, 9.17) is 10.5 Å². The molecule has 40 heavy (non-hydrogen) atoms. The molecule has 0 aliphatic heterocycles. The van der Waals surface area contributed by atoms with E-state index in [9.17, 15) is 39.9 Å². The number of hydrogen-bond acceptors (Lipinski definition) is 10. The van der Waals surface area contributed by atoms with E-state index < -0.39 is 70.4 Å². The van der Waals surface area contributed by atoms with Crippen LogP contribution in [-0.2, 0) is 14.4 Å². The SMILES string of the molecule is COc1ccc(/C=C2\c3cccc(O)c3C(O)=C3C(=O)[C@]4(O)C(=O)C(C(N)=O)C(O)[C@@H](N(C)C)[C@@H]4[C@@H](O)[C@@H]32)cc1. The molecular formula is C29H30N2O9. The number of carbonyl (C=O) groups is 3. The van der Waals surface area contributed by atoms with Crippen molar-refractivity contribution in [2.24, 2.45) is 23.5 Å². The number of aliphatic hydroxyl groups is 4. The molecule has 0 bridgehead atoms. The zero-order valence-corrected chi connectivity index (χ0v) is 22.0. The number of ether oxygens (including phenoxy) is 1. The van der Waals surface area contributed by atoms with Crippen molar-refractivity contribution in [3.63, 3.8) is 0 Å². The van der Waals surface area contributed by atoms with Crippen molar-refractivity contribution in [2.75, 3.05) is 21.2 Å². The van der Waals surface area contributed by atoms with Crippen molar-refractivity contribution in [3.8, 4) is 11.5 Å². The highest BCUT2D eigenvalue weighted by Gasteiger charge is 2.70. The number of ketones is 2. The number of aliphatic hydroxyl groups excluding tert-OH is 3. The molecule has 2 fully saturated rings. The zero-order valence-electron chi connectivity index (χ0n) is 22.0. The molecule has 210 valence electrons. The van der Waals surface area contributed by atoms with Crippen molar-refractivity contribution in [2.45, 2.75) is 23.9 Å². The molecule has 1 amide bonds. The summed E-state index contributed by atoms with van der Waals surface area (Å²) in [6, 6.07) is 10.1. The van der Waals surface area contributed by atoms with E-state index in [-0.39, 0.29) is 11.3 Å². The van der Waals surface area contributed by atoms with Gasteiger partial charge < -0.3 is 40.9 Å². The number of hydrogen-bond donors (Lipinski definition) is 6. The summed E-state index contributed by atoms with van der Waals surface area (Å²) in [4.78, 5) is 41.3. The number of aromatic hydroxyl groups is 1. The summed E-state index contributed by atoms with van der Waals surface area (Å²) < 4.78 is 5.21. The maximum Gasteiger partial charge on any atom is 0.230 e. The van der Waals surface area contributed by atoms with Crippen LogP contribution in [0.25, 0.3) is 17.4 Å². The summed E-state index contributed by atoms with van der Waals surface area (Å²) in [5.41, 5.74) is 3.07. The van der Waals surface area contributed by atoms with Crippen LogP contribution in [-0.4, -0.2) is 93.0 Å². The van der Waals surface area contributed by atoms with Gasteiger partial charge in [-0.2, -0.15) is 0 Å². The number of rotatable bonds is 4. The minimum absolute atomic E-state index is 0.116. The summed E-state index contributed by atoms with van der Waals surface area (Å²) in [7, 11) is 4.53. The first kappa shape index (κ1) is 27.5. The van der Waals surface area contributed by atoms with E-state index in [2.05, 4.69) is 0 Å². The second-order valence-corrected chi connectivity index (χ2v) is 10.6. The standard InChI is InChI=1S/C29H30N2O9/c1-31(2)22-21-24(34)18-15(11-12-7-9-13(40-3)10-8-12)14-5-4-6-16(32)17(14)23(33)19(18)26(36)29(21,39)27(37)20(25(22)35)28(30)38/h4-11,18,20-22,24-25,32-35,39H,1-3H3,(H2,30,38)/b15-11+/t18-,20?,21-,22+,24+,25?,29+/m1/s1. The Labute approximate surface area is 229 Å². The lowest BCUT2D eigenvalue weighted by Crippen LogP contribution is -2.76. The first-order valence-electron chi connectivity index (χ1n) is 12.6. The molecule has 0 spiro atoms. The number of phenols is 1. The van der Waals surface area contributed by atoms with Gasteiger partial charge in [-0.3, -0.25) is 14.4 Å². The van der Waals surface area contributed by atoms with Crippen LogP contribution in [0.2, 0.25) is 0 Å². The van der Waals surface area contributed by atoms with E-state index in [0.717, 1.165) is 0 Å². The molecule has 0 heterocycles. The Kier molecular flexibility index (Phi) is 6.58. The predicted molar refractivity (Wildman–Crippen MR) is 143 cm³/mol. The Balaban J connectivity index is 1.80. The van der Waals surface area contributed by atoms with Gasteiger partial charge in [0, 0.05) is 17.9 Å². The topological polar surface area (TPSA) is 191 Å². The molecule has 2 unspecified atom stereocenters. The molecule has 7 N–H and O–H groups in total. The first-order chi connectivity index (χ1) is 18.9. The Morgan fingerprint density at radius 2 is 1.70 bits per heavy atom. The zero-order chi connectivity index (χ0) is 29.3. The van der Waals surface area contributed by atoms with Crippen LogP contribution in [0.5, 0.6) is 11.5 Å². The molecule has 2 aromatic carbocycles. The third-order valence-electron chi connectivity index (χ3n) is 8.33. The lowest BCUT2D eigenvalue weighted by Gasteiger charge is -2.55. The van der Waals surface area contributed by atoms with Crippen LogP contribution >= 0.6 is 0 Å². The second-order valence-electron chi connectivity index (χ2n) is 10.6. The highest BCUT2D eigenvalue weighted by Crippen LogP contribution is 2.55. The van der Waals surface area contributed by atoms with E-state index >= 15 is 0 Å². The molecule has 3 aliphatic carbocycles. The van der Waals surface area contributed by atoms with Crippen molar-refractivity contribution in [1.82, 2.24) is 4.90 Å². The number of primary amides is 1. The van der Waals surface area contributed by atoms with Crippen LogP contribution < -0.4 is 10.5 Å². The van der Waals surface area contributed by atoms with Crippen molar-refractivity contribution < 1.29 is 44.7 Å². The van der Waals surface area contributed by atoms with E-state index in [0.29, 0.717) is 22.4 Å². The molecule has 0 aromatic heterocycles. The van der Waals surface area contributed by atoms with Gasteiger partial charge in [0.2, 0.25) is 11.7 Å². The first-order valence-corrected chi connectivity index (χ1v) is 12.6. The Bertz CT molecular complexity index is 1480. The normalized spacial score (nSPS) is 32.5. The molecule has 0 radical (unpaired) electrons. The second kappa shape index (κ2) is 9.56. The van der Waals surface area contributed by atoms with Gasteiger partial charge in [-0.15, -0.1) is 0 Å². The Hall–Kier alpha value is -4.03. The van der Waals surface area contributed by atoms with E-state index in [1.807, 2.05) is 0 Å². The molecular weight excluding hydrogens is 520 g/mol. The average Bonchev–Trinajstić information content (AvgIpc) is 2.90. The maximum atomic E-state index is 14.2. The summed E-state index contributed by atoms with van der Waals surface area (Å²) >= 11 is 0. The van der Waals surface area contributed by atoms with E-state index in [1.54, 1.807) is 36.4 Å². The third kappa shape index (κ3) is 3.69. The number of Topliss-reactive ketones (excluding diaryl/α,β-unsaturated/α-hetero) is 2. The molecule has 5 rings (SSSR count). The highest BCUT2D eigenvalue weighted by atomic mass is 16.5. The number of benzene rings is 2. The summed E-state index contributed by atoms with van der Waals surface area (Å²) in [5, 5.41) is 56.8. The monoisotopic (exact) mass is 550 g/mol. The summed E-state index contributed by atoms with van der Waals surface area (Å²) in [6.45, 7) is 0. The number of carbonyl (C=O) groups excluding carboxylic acids is 3. The van der Waals surface area contributed by atoms with Gasteiger partial charge in [0.25, 0.3) is 0 Å². The van der Waals surface area contributed by atoms with Gasteiger partial charge in [-0.1, -0.05) is 30.3 Å². The number of likely N-dealkylation sites (N-methyl/N-ethyl adjacent to an activating group) is 1. The molecule has 0 saturated heterocycles. The summed E-state index contributed by atoms with van der Waals surface area (Å²) in [6.07, 6.45) is -1.78. The molecule has 7 atom stereocenters. The smallest absolute Gasteiger partial charge is 0.230 e. The third-order valence-corrected chi connectivity index (χ3v) is 8.33. The number of methoxy groups -OCH3 is 1. The lowest BCUT2D eigenvalue weighted by molar-refractivity contribution is -0.196. The number of fused-ring (bicyclic) bond motifs is 3. The van der Waals surface area contributed by atoms with Gasteiger partial charge in [-0.05, 0) is 49.0 Å². The van der Waals surface area contributed by atoms with Crippen LogP contribution in [0.15, 0.2) is 48.0 Å². The van der Waals surface area contributed by atoms with Crippen molar-refractivity contribution in [3.05, 3.63) is 64.7 Å². The minimum Gasteiger partial charge on any atom is -0.507 e. The number of nitrogens with zero attached hydrogens (tertiary/aromatic N) is 1. The highest BCUT2D eigenvalue weighted by molar-refractivity contribution is 6.26. The summed E-state index contributed by atoms with van der Waals surface area (Å²) in [5.74, 6) is -9.16. The minimum atomic E-state index is -3.00. The number of phenolic OH excluding ortho intramolecular Hbond substituents is 1. The molecule has 11 heteroatoms. The fourth-order valence-corrected chi connectivity index (χ4v) is 6.55. The largest absolute Gasteiger partial charge is 0.507 e. The molecule has 3 aliphatic rings. The Morgan fingerprint density at radius 1 is 1.05 bits per heavy atom. The number of nitrogens with two attached hydrogens (primary N) is 1. The fourth-order valence-electron chi connectivity index (χ4n) is 6.55. The van der Waals surface area contributed by atoms with Crippen molar-refractivity contribution >= 4 is 34.9 Å². The average molecular weight is 551 g/mol.